The van der Waals surface area contributed by atoms with Gasteiger partial charge in [-0.05, 0) is 23.3 Å². The first kappa shape index (κ1) is 16.7. The zero-order valence-electron chi connectivity index (χ0n) is 14.6. The standard InChI is InChI=1S/C19H19FN4O2/c1-3-19(25)23-17-10-26-9-15-12(6-21-7-13(15)17)11-4-16(20)14-8-22-24(2)18(14)5-11/h4-8,17H,3,9-10H2,1-2H3,(H,23,25). The van der Waals surface area contributed by atoms with Crippen molar-refractivity contribution in [3.63, 3.8) is 0 Å². The molecule has 2 aromatic heterocycles. The summed E-state index contributed by atoms with van der Waals surface area (Å²) in [5.74, 6) is -0.366. The maximum atomic E-state index is 14.5. The number of carbonyl (C=O) groups excluding carboxylic acids is 1. The quantitative estimate of drug-likeness (QED) is 0.785. The van der Waals surface area contributed by atoms with Crippen LogP contribution in [0.2, 0.25) is 0 Å². The van der Waals surface area contributed by atoms with Crippen molar-refractivity contribution in [2.24, 2.45) is 7.05 Å². The molecule has 26 heavy (non-hydrogen) atoms. The number of rotatable bonds is 3. The molecule has 0 fully saturated rings. The van der Waals surface area contributed by atoms with Gasteiger partial charge in [0.25, 0.3) is 0 Å². The molecule has 7 heteroatoms. The van der Waals surface area contributed by atoms with Gasteiger partial charge in [0.05, 0.1) is 36.4 Å². The van der Waals surface area contributed by atoms with Gasteiger partial charge in [-0.25, -0.2) is 4.39 Å². The molecule has 0 saturated carbocycles. The SMILES string of the molecule is CCC(=O)NC1COCc2c(-c3cc(F)c4cnn(C)c4c3)cncc21. The third kappa shape index (κ3) is 2.74. The highest BCUT2D eigenvalue weighted by Crippen LogP contribution is 2.34. The lowest BCUT2D eigenvalue weighted by Crippen LogP contribution is -2.34. The second-order valence-electron chi connectivity index (χ2n) is 6.40. The van der Waals surface area contributed by atoms with Gasteiger partial charge in [0.1, 0.15) is 5.82 Å². The van der Waals surface area contributed by atoms with Crippen LogP contribution in [-0.2, 0) is 23.2 Å². The number of ether oxygens (including phenoxy) is 1. The first-order valence-electron chi connectivity index (χ1n) is 8.54. The number of halogens is 1. The number of benzene rings is 1. The summed E-state index contributed by atoms with van der Waals surface area (Å²) < 4.78 is 21.8. The van der Waals surface area contributed by atoms with E-state index < -0.39 is 0 Å². The fraction of sp³-hybridized carbons (Fsp3) is 0.316. The van der Waals surface area contributed by atoms with Crippen LogP contribution in [0.1, 0.15) is 30.5 Å². The minimum Gasteiger partial charge on any atom is -0.374 e. The molecule has 1 atom stereocenters. The number of hydrogen-bond donors (Lipinski definition) is 1. The van der Waals surface area contributed by atoms with Crippen LogP contribution in [0.5, 0.6) is 0 Å². The van der Waals surface area contributed by atoms with Crippen molar-refractivity contribution in [3.05, 3.63) is 47.7 Å². The van der Waals surface area contributed by atoms with Crippen molar-refractivity contribution in [2.45, 2.75) is 26.0 Å². The summed E-state index contributed by atoms with van der Waals surface area (Å²) in [7, 11) is 1.78. The molecule has 1 N–H and O–H groups in total. The largest absolute Gasteiger partial charge is 0.374 e. The van der Waals surface area contributed by atoms with Crippen LogP contribution < -0.4 is 5.32 Å². The predicted octanol–water partition coefficient (Wildman–Crippen LogP) is 2.87. The highest BCUT2D eigenvalue weighted by molar-refractivity contribution is 5.85. The normalized spacial score (nSPS) is 16.5. The van der Waals surface area contributed by atoms with E-state index in [4.69, 9.17) is 4.74 Å². The van der Waals surface area contributed by atoms with Crippen LogP contribution in [-0.4, -0.2) is 27.3 Å². The molecule has 4 rings (SSSR count). The molecule has 1 unspecified atom stereocenters. The molecule has 1 aliphatic rings. The van der Waals surface area contributed by atoms with Gasteiger partial charge in [0.2, 0.25) is 5.91 Å². The van der Waals surface area contributed by atoms with Gasteiger partial charge in [-0.15, -0.1) is 0 Å². The first-order valence-corrected chi connectivity index (χ1v) is 8.54. The summed E-state index contributed by atoms with van der Waals surface area (Å²) in [5.41, 5.74) is 4.08. The van der Waals surface area contributed by atoms with E-state index in [-0.39, 0.29) is 17.8 Å². The predicted molar refractivity (Wildman–Crippen MR) is 94.7 cm³/mol. The van der Waals surface area contributed by atoms with Crippen LogP contribution in [0.15, 0.2) is 30.7 Å². The molecule has 134 valence electrons. The van der Waals surface area contributed by atoms with Crippen LogP contribution in [0.4, 0.5) is 4.39 Å². The average molecular weight is 354 g/mol. The molecular formula is C19H19FN4O2. The summed E-state index contributed by atoms with van der Waals surface area (Å²) in [4.78, 5) is 16.1. The Kier molecular flexibility index (Phi) is 4.16. The minimum atomic E-state index is -0.323. The Morgan fingerprint density at radius 2 is 2.23 bits per heavy atom. The Labute approximate surface area is 150 Å². The number of nitrogens with zero attached hydrogens (tertiary/aromatic N) is 3. The van der Waals surface area contributed by atoms with Crippen LogP contribution >= 0.6 is 0 Å². The van der Waals surface area contributed by atoms with E-state index in [1.165, 1.54) is 12.3 Å². The lowest BCUT2D eigenvalue weighted by atomic mass is 9.93. The van der Waals surface area contributed by atoms with E-state index in [2.05, 4.69) is 15.4 Å². The summed E-state index contributed by atoms with van der Waals surface area (Å²) in [5, 5.41) is 7.56. The second kappa shape index (κ2) is 6.49. The molecule has 6 nitrogen and oxygen atoms in total. The molecule has 0 saturated heterocycles. The number of fused-ring (bicyclic) bond motifs is 2. The smallest absolute Gasteiger partial charge is 0.220 e. The number of hydrogen-bond acceptors (Lipinski definition) is 4. The number of carbonyl (C=O) groups is 1. The zero-order chi connectivity index (χ0) is 18.3. The summed E-state index contributed by atoms with van der Waals surface area (Å²) in [6.45, 7) is 2.61. The molecular weight excluding hydrogens is 335 g/mol. The van der Waals surface area contributed by atoms with Gasteiger partial charge in [-0.3, -0.25) is 14.5 Å². The highest BCUT2D eigenvalue weighted by atomic mass is 19.1. The van der Waals surface area contributed by atoms with Crippen LogP contribution in [0.25, 0.3) is 22.0 Å². The fourth-order valence-corrected chi connectivity index (χ4v) is 3.36. The van der Waals surface area contributed by atoms with Crippen molar-refractivity contribution in [1.82, 2.24) is 20.1 Å². The Balaban J connectivity index is 1.83. The lowest BCUT2D eigenvalue weighted by Gasteiger charge is -2.27. The lowest BCUT2D eigenvalue weighted by molar-refractivity contribution is -0.122. The first-order chi connectivity index (χ1) is 12.6. The van der Waals surface area contributed by atoms with Gasteiger partial charge in [0, 0.05) is 37.0 Å². The number of aryl methyl sites for hydroxylation is 1. The van der Waals surface area contributed by atoms with Crippen molar-refractivity contribution in [1.29, 1.82) is 0 Å². The van der Waals surface area contributed by atoms with E-state index in [1.54, 1.807) is 31.0 Å². The summed E-state index contributed by atoms with van der Waals surface area (Å²) in [6.07, 6.45) is 5.39. The number of nitrogens with one attached hydrogen (secondary N) is 1. The minimum absolute atomic E-state index is 0.0424. The third-order valence-corrected chi connectivity index (χ3v) is 4.78. The maximum Gasteiger partial charge on any atom is 0.220 e. The summed E-state index contributed by atoms with van der Waals surface area (Å²) in [6, 6.07) is 3.15. The molecule has 1 aliphatic heterocycles. The van der Waals surface area contributed by atoms with E-state index in [0.717, 1.165) is 16.7 Å². The molecule has 3 aromatic rings. The maximum absolute atomic E-state index is 14.5. The molecule has 3 heterocycles. The monoisotopic (exact) mass is 354 g/mol. The highest BCUT2D eigenvalue weighted by Gasteiger charge is 2.25. The number of amides is 1. The van der Waals surface area contributed by atoms with Gasteiger partial charge in [-0.2, -0.15) is 5.10 Å². The van der Waals surface area contributed by atoms with E-state index in [1.807, 2.05) is 6.07 Å². The van der Waals surface area contributed by atoms with Crippen molar-refractivity contribution in [2.75, 3.05) is 6.61 Å². The van der Waals surface area contributed by atoms with Crippen LogP contribution in [0.3, 0.4) is 0 Å². The van der Waals surface area contributed by atoms with Crippen molar-refractivity contribution >= 4 is 16.8 Å². The molecule has 0 spiro atoms. The zero-order valence-corrected chi connectivity index (χ0v) is 14.6. The van der Waals surface area contributed by atoms with Crippen molar-refractivity contribution in [3.8, 4) is 11.1 Å². The Morgan fingerprint density at radius 1 is 1.38 bits per heavy atom. The van der Waals surface area contributed by atoms with E-state index in [9.17, 15) is 9.18 Å². The topological polar surface area (TPSA) is 69.0 Å². The van der Waals surface area contributed by atoms with Crippen molar-refractivity contribution < 1.29 is 13.9 Å². The van der Waals surface area contributed by atoms with Gasteiger partial charge < -0.3 is 10.1 Å². The number of aromatic nitrogens is 3. The molecule has 0 bridgehead atoms. The average Bonchev–Trinajstić information content (AvgIpc) is 3.03. The van der Waals surface area contributed by atoms with Crippen LogP contribution in [0, 0.1) is 5.82 Å². The Hall–Kier alpha value is -2.80. The number of pyridine rings is 1. The van der Waals surface area contributed by atoms with Gasteiger partial charge in [-0.1, -0.05) is 6.92 Å². The van der Waals surface area contributed by atoms with Gasteiger partial charge >= 0.3 is 0 Å². The molecule has 1 amide bonds. The molecule has 1 aromatic carbocycles. The van der Waals surface area contributed by atoms with E-state index in [0.29, 0.717) is 36.1 Å². The second-order valence-corrected chi connectivity index (χ2v) is 6.40. The Bertz CT molecular complexity index is 999. The van der Waals surface area contributed by atoms with Gasteiger partial charge in [0.15, 0.2) is 0 Å². The van der Waals surface area contributed by atoms with E-state index >= 15 is 0 Å². The Morgan fingerprint density at radius 3 is 3.04 bits per heavy atom. The fourth-order valence-electron chi connectivity index (χ4n) is 3.36. The third-order valence-electron chi connectivity index (χ3n) is 4.78. The molecule has 0 aliphatic carbocycles. The summed E-state index contributed by atoms with van der Waals surface area (Å²) >= 11 is 0. The molecule has 0 radical (unpaired) electrons.